The highest BCUT2D eigenvalue weighted by atomic mass is 32.2. The minimum absolute atomic E-state index is 0.0746. The highest BCUT2D eigenvalue weighted by Crippen LogP contribution is 2.18. The van der Waals surface area contributed by atoms with Crippen molar-refractivity contribution in [1.29, 1.82) is 0 Å². The zero-order valence-electron chi connectivity index (χ0n) is 15.0. The molecule has 2 aromatic rings. The van der Waals surface area contributed by atoms with Crippen molar-refractivity contribution in [2.75, 3.05) is 37.0 Å². The van der Waals surface area contributed by atoms with Crippen LogP contribution < -0.4 is 4.90 Å². The number of sulfonamides is 1. The highest BCUT2D eigenvalue weighted by Gasteiger charge is 2.26. The van der Waals surface area contributed by atoms with Gasteiger partial charge < -0.3 is 9.64 Å². The Hall–Kier alpha value is -2.29. The first-order valence-corrected chi connectivity index (χ1v) is 10.5. The summed E-state index contributed by atoms with van der Waals surface area (Å²) in [5.41, 5.74) is 1.61. The molecule has 1 aromatic heterocycles. The summed E-state index contributed by atoms with van der Waals surface area (Å²) >= 11 is 0. The Morgan fingerprint density at radius 2 is 1.85 bits per heavy atom. The van der Waals surface area contributed by atoms with Crippen LogP contribution in [-0.4, -0.2) is 55.7 Å². The SMILES string of the molecule is O=C(CCS(=O)(=O)N1CCOCC1)N(Cc1cccnc1)c1ccccc1. The third-order valence-corrected chi connectivity index (χ3v) is 6.24. The predicted molar refractivity (Wildman–Crippen MR) is 103 cm³/mol. The monoisotopic (exact) mass is 389 g/mol. The number of carbonyl (C=O) groups excluding carboxylic acids is 1. The summed E-state index contributed by atoms with van der Waals surface area (Å²) < 4.78 is 31.6. The molecule has 27 heavy (non-hydrogen) atoms. The van der Waals surface area contributed by atoms with E-state index in [4.69, 9.17) is 4.74 Å². The third kappa shape index (κ3) is 5.35. The van der Waals surface area contributed by atoms with Crippen molar-refractivity contribution in [1.82, 2.24) is 9.29 Å². The molecule has 0 N–H and O–H groups in total. The summed E-state index contributed by atoms with van der Waals surface area (Å²) in [5.74, 6) is -0.441. The maximum absolute atomic E-state index is 12.9. The molecule has 1 aliphatic rings. The Balaban J connectivity index is 1.71. The van der Waals surface area contributed by atoms with Gasteiger partial charge >= 0.3 is 0 Å². The summed E-state index contributed by atoms with van der Waals surface area (Å²) in [4.78, 5) is 18.6. The molecule has 1 fully saturated rings. The summed E-state index contributed by atoms with van der Waals surface area (Å²) in [6, 6.07) is 13.0. The number of hydrogen-bond acceptors (Lipinski definition) is 5. The summed E-state index contributed by atoms with van der Waals surface area (Å²) in [5, 5.41) is 0. The van der Waals surface area contributed by atoms with E-state index in [0.717, 1.165) is 11.3 Å². The standard InChI is InChI=1S/C19H23N3O4S/c23-19(8-14-27(24,25)21-10-12-26-13-11-21)22(18-6-2-1-3-7-18)16-17-5-4-9-20-15-17/h1-7,9,15H,8,10-14,16H2. The van der Waals surface area contributed by atoms with Crippen LogP contribution in [-0.2, 0) is 26.1 Å². The van der Waals surface area contributed by atoms with Crippen molar-refractivity contribution in [2.45, 2.75) is 13.0 Å². The van der Waals surface area contributed by atoms with Crippen LogP contribution in [0.25, 0.3) is 0 Å². The van der Waals surface area contributed by atoms with Crippen LogP contribution in [0.3, 0.4) is 0 Å². The summed E-state index contributed by atoms with van der Waals surface area (Å²) in [6.45, 7) is 1.81. The highest BCUT2D eigenvalue weighted by molar-refractivity contribution is 7.89. The van der Waals surface area contributed by atoms with Gasteiger partial charge in [0.2, 0.25) is 15.9 Å². The minimum atomic E-state index is -3.47. The number of pyridine rings is 1. The second-order valence-electron chi connectivity index (χ2n) is 6.25. The van der Waals surface area contributed by atoms with Gasteiger partial charge in [0.25, 0.3) is 0 Å². The van der Waals surface area contributed by atoms with Crippen LogP contribution in [0.2, 0.25) is 0 Å². The first-order valence-electron chi connectivity index (χ1n) is 8.86. The molecule has 3 rings (SSSR count). The molecule has 0 spiro atoms. The van der Waals surface area contributed by atoms with E-state index in [2.05, 4.69) is 4.98 Å². The van der Waals surface area contributed by atoms with Gasteiger partial charge in [0.15, 0.2) is 0 Å². The van der Waals surface area contributed by atoms with E-state index in [1.54, 1.807) is 17.3 Å². The number of aromatic nitrogens is 1. The van der Waals surface area contributed by atoms with Gasteiger partial charge in [-0.1, -0.05) is 24.3 Å². The quantitative estimate of drug-likeness (QED) is 0.720. The lowest BCUT2D eigenvalue weighted by atomic mass is 10.2. The number of ether oxygens (including phenoxy) is 1. The zero-order valence-corrected chi connectivity index (χ0v) is 15.8. The molecule has 1 saturated heterocycles. The van der Waals surface area contributed by atoms with E-state index >= 15 is 0 Å². The molecule has 1 aliphatic heterocycles. The van der Waals surface area contributed by atoms with E-state index in [1.165, 1.54) is 4.31 Å². The van der Waals surface area contributed by atoms with E-state index < -0.39 is 10.0 Å². The molecule has 7 nitrogen and oxygen atoms in total. The summed E-state index contributed by atoms with van der Waals surface area (Å²) in [6.07, 6.45) is 3.30. The van der Waals surface area contributed by atoms with Gasteiger partial charge in [-0.25, -0.2) is 8.42 Å². The van der Waals surface area contributed by atoms with Crippen molar-refractivity contribution in [3.63, 3.8) is 0 Å². The molecule has 1 aromatic carbocycles. The number of morpholine rings is 1. The van der Waals surface area contributed by atoms with Crippen molar-refractivity contribution in [3.8, 4) is 0 Å². The van der Waals surface area contributed by atoms with Crippen LogP contribution in [0.5, 0.6) is 0 Å². The van der Waals surface area contributed by atoms with Gasteiger partial charge in [-0.15, -0.1) is 0 Å². The lowest BCUT2D eigenvalue weighted by Gasteiger charge is -2.27. The van der Waals surface area contributed by atoms with Gasteiger partial charge in [-0.3, -0.25) is 9.78 Å². The second kappa shape index (κ2) is 9.07. The average Bonchev–Trinajstić information content (AvgIpc) is 2.72. The summed E-state index contributed by atoms with van der Waals surface area (Å²) in [7, 11) is -3.47. The molecular formula is C19H23N3O4S. The Morgan fingerprint density at radius 1 is 1.11 bits per heavy atom. The normalized spacial score (nSPS) is 15.4. The number of benzene rings is 1. The molecule has 0 aliphatic carbocycles. The fraction of sp³-hybridized carbons (Fsp3) is 0.368. The number of nitrogens with zero attached hydrogens (tertiary/aromatic N) is 3. The van der Waals surface area contributed by atoms with E-state index in [1.807, 2.05) is 42.5 Å². The number of anilines is 1. The Morgan fingerprint density at radius 3 is 2.52 bits per heavy atom. The molecule has 1 amide bonds. The molecule has 2 heterocycles. The van der Waals surface area contributed by atoms with Gasteiger partial charge in [0, 0.05) is 37.6 Å². The number of carbonyl (C=O) groups is 1. The van der Waals surface area contributed by atoms with Crippen LogP contribution >= 0.6 is 0 Å². The van der Waals surface area contributed by atoms with Gasteiger partial charge in [0.1, 0.15) is 0 Å². The minimum Gasteiger partial charge on any atom is -0.379 e. The Kier molecular flexibility index (Phi) is 6.54. The average molecular weight is 389 g/mol. The zero-order chi connectivity index (χ0) is 19.1. The molecule has 8 heteroatoms. The van der Waals surface area contributed by atoms with E-state index in [0.29, 0.717) is 32.8 Å². The first-order chi connectivity index (χ1) is 13.1. The van der Waals surface area contributed by atoms with Crippen LogP contribution in [0.4, 0.5) is 5.69 Å². The Bertz CT molecular complexity index is 838. The second-order valence-corrected chi connectivity index (χ2v) is 8.34. The molecule has 0 radical (unpaired) electrons. The molecule has 0 bridgehead atoms. The van der Waals surface area contributed by atoms with E-state index in [9.17, 15) is 13.2 Å². The van der Waals surface area contributed by atoms with Crippen molar-refractivity contribution in [3.05, 3.63) is 60.4 Å². The Labute approximate surface area is 159 Å². The lowest BCUT2D eigenvalue weighted by molar-refractivity contribution is -0.118. The predicted octanol–water partition coefficient (Wildman–Crippen LogP) is 1.67. The van der Waals surface area contributed by atoms with Crippen LogP contribution in [0.1, 0.15) is 12.0 Å². The fourth-order valence-corrected chi connectivity index (χ4v) is 4.31. The topological polar surface area (TPSA) is 79.8 Å². The number of amides is 1. The van der Waals surface area contributed by atoms with Gasteiger partial charge in [0.05, 0.1) is 25.5 Å². The van der Waals surface area contributed by atoms with Crippen LogP contribution in [0, 0.1) is 0 Å². The number of hydrogen-bond donors (Lipinski definition) is 0. The first kappa shape index (κ1) is 19.5. The van der Waals surface area contributed by atoms with Gasteiger partial charge in [-0.05, 0) is 23.8 Å². The molecule has 0 saturated carbocycles. The van der Waals surface area contributed by atoms with Crippen molar-refractivity contribution in [2.24, 2.45) is 0 Å². The maximum Gasteiger partial charge on any atom is 0.228 e. The number of para-hydroxylation sites is 1. The van der Waals surface area contributed by atoms with Gasteiger partial charge in [-0.2, -0.15) is 4.31 Å². The third-order valence-electron chi connectivity index (χ3n) is 4.37. The largest absolute Gasteiger partial charge is 0.379 e. The fourth-order valence-electron chi connectivity index (χ4n) is 2.91. The maximum atomic E-state index is 12.9. The molecule has 0 unspecified atom stereocenters. The molecule has 0 atom stereocenters. The van der Waals surface area contributed by atoms with Crippen molar-refractivity contribution < 1.29 is 17.9 Å². The molecular weight excluding hydrogens is 366 g/mol. The van der Waals surface area contributed by atoms with Crippen molar-refractivity contribution >= 4 is 21.6 Å². The van der Waals surface area contributed by atoms with Crippen LogP contribution in [0.15, 0.2) is 54.9 Å². The lowest BCUT2D eigenvalue weighted by Crippen LogP contribution is -2.42. The molecule has 144 valence electrons. The van der Waals surface area contributed by atoms with E-state index in [-0.39, 0.29) is 18.1 Å². The number of rotatable bonds is 7. The smallest absolute Gasteiger partial charge is 0.228 e.